The maximum atomic E-state index is 6.38. The Bertz CT molecular complexity index is 1600. The molecular formula is C40H39Cl2NO. The molecule has 0 N–H and O–H groups in total. The van der Waals surface area contributed by atoms with Crippen LogP contribution < -0.4 is 4.74 Å². The Labute approximate surface area is 272 Å². The highest BCUT2D eigenvalue weighted by atomic mass is 35.5. The molecule has 2 nitrogen and oxygen atoms in total. The van der Waals surface area contributed by atoms with Gasteiger partial charge in [-0.1, -0.05) is 133 Å². The highest BCUT2D eigenvalue weighted by Gasteiger charge is 2.31. The van der Waals surface area contributed by atoms with Gasteiger partial charge in [0, 0.05) is 34.1 Å². The summed E-state index contributed by atoms with van der Waals surface area (Å²) in [5, 5.41) is 1.26. The summed E-state index contributed by atoms with van der Waals surface area (Å²) in [7, 11) is 0. The van der Waals surface area contributed by atoms with Gasteiger partial charge in [-0.15, -0.1) is 0 Å². The molecule has 0 amide bonds. The average molecular weight is 621 g/mol. The largest absolute Gasteiger partial charge is 0.489 e. The second kappa shape index (κ2) is 14.5. The summed E-state index contributed by atoms with van der Waals surface area (Å²) in [5.41, 5.74) is 7.88. The summed E-state index contributed by atoms with van der Waals surface area (Å²) in [6.45, 7) is 4.80. The predicted octanol–water partition coefficient (Wildman–Crippen LogP) is 10.7. The SMILES string of the molecule is CC1c2ccc(OCc3ccc(Cl)cc3Cl)cc2CCC1N(CCC(c1ccccc1)c1ccccc1)Cc1ccccc1. The summed E-state index contributed by atoms with van der Waals surface area (Å²) in [5.74, 6) is 1.65. The summed E-state index contributed by atoms with van der Waals surface area (Å²) < 4.78 is 6.18. The van der Waals surface area contributed by atoms with E-state index < -0.39 is 0 Å². The van der Waals surface area contributed by atoms with Crippen LogP contribution in [0.4, 0.5) is 0 Å². The first-order valence-electron chi connectivity index (χ1n) is 15.6. The Morgan fingerprint density at radius 3 is 2.09 bits per heavy atom. The Kier molecular flexibility index (Phi) is 10.0. The third-order valence-electron chi connectivity index (χ3n) is 9.11. The normalized spacial score (nSPS) is 16.2. The van der Waals surface area contributed by atoms with Gasteiger partial charge in [0.25, 0.3) is 0 Å². The van der Waals surface area contributed by atoms with Gasteiger partial charge in [-0.2, -0.15) is 0 Å². The molecule has 5 aromatic rings. The molecule has 0 fully saturated rings. The Hall–Kier alpha value is -3.56. The van der Waals surface area contributed by atoms with Crippen LogP contribution in [0.3, 0.4) is 0 Å². The van der Waals surface area contributed by atoms with Gasteiger partial charge in [-0.05, 0) is 83.8 Å². The minimum atomic E-state index is 0.357. The van der Waals surface area contributed by atoms with Crippen molar-refractivity contribution in [1.82, 2.24) is 4.90 Å². The van der Waals surface area contributed by atoms with Crippen LogP contribution in [0.1, 0.15) is 65.0 Å². The van der Waals surface area contributed by atoms with Crippen molar-refractivity contribution in [1.29, 1.82) is 0 Å². The maximum absolute atomic E-state index is 6.38. The van der Waals surface area contributed by atoms with Crippen LogP contribution in [-0.4, -0.2) is 17.5 Å². The molecule has 2 atom stereocenters. The topological polar surface area (TPSA) is 12.5 Å². The van der Waals surface area contributed by atoms with Gasteiger partial charge < -0.3 is 4.74 Å². The lowest BCUT2D eigenvalue weighted by Gasteiger charge is -2.40. The smallest absolute Gasteiger partial charge is 0.120 e. The van der Waals surface area contributed by atoms with E-state index in [9.17, 15) is 0 Å². The van der Waals surface area contributed by atoms with Crippen LogP contribution in [0.2, 0.25) is 10.0 Å². The fourth-order valence-electron chi connectivity index (χ4n) is 6.76. The minimum Gasteiger partial charge on any atom is -0.489 e. The minimum absolute atomic E-state index is 0.357. The second-order valence-corrected chi connectivity index (χ2v) is 12.7. The van der Waals surface area contributed by atoms with E-state index in [2.05, 4.69) is 121 Å². The van der Waals surface area contributed by atoms with Gasteiger partial charge in [0.15, 0.2) is 0 Å². The Balaban J connectivity index is 1.21. The number of benzene rings is 5. The Morgan fingerprint density at radius 2 is 1.43 bits per heavy atom. The molecule has 1 aliphatic carbocycles. The molecule has 0 aliphatic heterocycles. The Morgan fingerprint density at radius 1 is 0.773 bits per heavy atom. The summed E-state index contributed by atoms with van der Waals surface area (Å²) in [4.78, 5) is 2.74. The van der Waals surface area contributed by atoms with Gasteiger partial charge >= 0.3 is 0 Å². The third kappa shape index (κ3) is 7.38. The summed E-state index contributed by atoms with van der Waals surface area (Å²) >= 11 is 12.4. The molecule has 224 valence electrons. The predicted molar refractivity (Wildman–Crippen MR) is 184 cm³/mol. The fraction of sp³-hybridized carbons (Fsp3) is 0.250. The lowest BCUT2D eigenvalue weighted by molar-refractivity contribution is 0.146. The number of hydrogen-bond donors (Lipinski definition) is 0. The molecule has 4 heteroatoms. The quantitative estimate of drug-likeness (QED) is 0.146. The first-order valence-corrected chi connectivity index (χ1v) is 16.4. The molecule has 0 spiro atoms. The number of ether oxygens (including phenoxy) is 1. The molecular weight excluding hydrogens is 581 g/mol. The van der Waals surface area contributed by atoms with Crippen LogP contribution in [0, 0.1) is 0 Å². The lowest BCUT2D eigenvalue weighted by atomic mass is 9.79. The first kappa shape index (κ1) is 30.5. The number of nitrogens with zero attached hydrogens (tertiary/aromatic N) is 1. The van der Waals surface area contributed by atoms with Crippen LogP contribution in [0.5, 0.6) is 5.75 Å². The fourth-order valence-corrected chi connectivity index (χ4v) is 7.23. The molecule has 6 rings (SSSR count). The van der Waals surface area contributed by atoms with Crippen molar-refractivity contribution < 1.29 is 4.74 Å². The van der Waals surface area contributed by atoms with Gasteiger partial charge in [0.05, 0.1) is 0 Å². The molecule has 0 heterocycles. The van der Waals surface area contributed by atoms with Crippen LogP contribution >= 0.6 is 23.2 Å². The number of fused-ring (bicyclic) bond motifs is 1. The van der Waals surface area contributed by atoms with Crippen molar-refractivity contribution in [3.05, 3.63) is 171 Å². The molecule has 2 unspecified atom stereocenters. The van der Waals surface area contributed by atoms with E-state index in [1.807, 2.05) is 12.1 Å². The monoisotopic (exact) mass is 619 g/mol. The molecule has 0 saturated carbocycles. The van der Waals surface area contributed by atoms with Crippen LogP contribution in [-0.2, 0) is 19.6 Å². The highest BCUT2D eigenvalue weighted by molar-refractivity contribution is 6.35. The molecule has 1 aliphatic rings. The van der Waals surface area contributed by atoms with Crippen molar-refractivity contribution in [3.63, 3.8) is 0 Å². The second-order valence-electron chi connectivity index (χ2n) is 11.9. The zero-order valence-corrected chi connectivity index (χ0v) is 26.7. The van der Waals surface area contributed by atoms with Crippen molar-refractivity contribution in [2.75, 3.05) is 6.54 Å². The van der Waals surface area contributed by atoms with E-state index in [1.165, 1.54) is 27.8 Å². The van der Waals surface area contributed by atoms with Gasteiger partial charge in [-0.3, -0.25) is 4.90 Å². The summed E-state index contributed by atoms with van der Waals surface area (Å²) in [6.07, 6.45) is 3.22. The van der Waals surface area contributed by atoms with E-state index in [0.29, 0.717) is 34.5 Å². The molecule has 0 aromatic heterocycles. The zero-order valence-electron chi connectivity index (χ0n) is 25.2. The zero-order chi connectivity index (χ0) is 30.3. The first-order chi connectivity index (χ1) is 21.5. The molecule has 44 heavy (non-hydrogen) atoms. The maximum Gasteiger partial charge on any atom is 0.120 e. The van der Waals surface area contributed by atoms with E-state index in [0.717, 1.165) is 43.7 Å². The third-order valence-corrected chi connectivity index (χ3v) is 9.69. The standard InChI is InChI=1S/C40H39Cl2NO/c1-29-37-21-20-36(44-28-34-17-19-35(41)26-39(34)42)25-33(37)18-22-40(29)43(27-30-11-5-2-6-12-30)24-23-38(31-13-7-3-8-14-31)32-15-9-4-10-16-32/h2-17,19-21,25-26,29,38,40H,18,22-24,27-28H2,1H3. The van der Waals surface area contributed by atoms with Gasteiger partial charge in [0.2, 0.25) is 0 Å². The van der Waals surface area contributed by atoms with E-state index >= 15 is 0 Å². The van der Waals surface area contributed by atoms with E-state index in [1.54, 1.807) is 6.07 Å². The van der Waals surface area contributed by atoms with Crippen LogP contribution in [0.15, 0.2) is 127 Å². The van der Waals surface area contributed by atoms with Crippen LogP contribution in [0.25, 0.3) is 0 Å². The van der Waals surface area contributed by atoms with Gasteiger partial charge in [-0.25, -0.2) is 0 Å². The highest BCUT2D eigenvalue weighted by Crippen LogP contribution is 2.38. The van der Waals surface area contributed by atoms with Crippen molar-refractivity contribution in [3.8, 4) is 5.75 Å². The number of aryl methyl sites for hydroxylation is 1. The molecule has 0 saturated heterocycles. The van der Waals surface area contributed by atoms with Crippen molar-refractivity contribution in [2.24, 2.45) is 0 Å². The summed E-state index contributed by atoms with van der Waals surface area (Å²) in [6, 6.07) is 45.5. The van der Waals surface area contributed by atoms with E-state index in [4.69, 9.17) is 27.9 Å². The molecule has 0 radical (unpaired) electrons. The number of hydrogen-bond acceptors (Lipinski definition) is 2. The molecule has 5 aromatic carbocycles. The van der Waals surface area contributed by atoms with Gasteiger partial charge in [0.1, 0.15) is 12.4 Å². The lowest BCUT2D eigenvalue weighted by Crippen LogP contribution is -2.42. The average Bonchev–Trinajstić information content (AvgIpc) is 3.06. The van der Waals surface area contributed by atoms with E-state index in [-0.39, 0.29) is 0 Å². The van der Waals surface area contributed by atoms with Crippen molar-refractivity contribution in [2.45, 2.75) is 57.2 Å². The number of rotatable bonds is 11. The molecule has 0 bridgehead atoms. The van der Waals surface area contributed by atoms with Crippen molar-refractivity contribution >= 4 is 23.2 Å². The number of halogens is 2.